The number of nitro benzene ring substituents is 1. The van der Waals surface area contributed by atoms with Crippen molar-refractivity contribution in [1.29, 1.82) is 0 Å². The summed E-state index contributed by atoms with van der Waals surface area (Å²) in [7, 11) is 0. The Balaban J connectivity index is 2.69. The van der Waals surface area contributed by atoms with Crippen molar-refractivity contribution in [3.63, 3.8) is 0 Å². The van der Waals surface area contributed by atoms with Crippen molar-refractivity contribution in [3.8, 4) is 0 Å². The molecule has 0 aliphatic rings. The summed E-state index contributed by atoms with van der Waals surface area (Å²) in [6.45, 7) is 3.68. The van der Waals surface area contributed by atoms with E-state index < -0.39 is 10.8 Å². The summed E-state index contributed by atoms with van der Waals surface area (Å²) in [4.78, 5) is 22.3. The molecule has 2 unspecified atom stereocenters. The first-order chi connectivity index (χ1) is 9.45. The summed E-state index contributed by atoms with van der Waals surface area (Å²) >= 11 is 0. The minimum Gasteiger partial charge on any atom is -0.396 e. The molecule has 2 N–H and O–H groups in total. The van der Waals surface area contributed by atoms with Gasteiger partial charge in [-0.05, 0) is 32.3 Å². The van der Waals surface area contributed by atoms with Crippen LogP contribution in [0.4, 0.5) is 5.69 Å². The first kappa shape index (κ1) is 16.1. The zero-order chi connectivity index (χ0) is 15.1. The first-order valence-corrected chi connectivity index (χ1v) is 6.61. The molecular formula is C14H20N2O4. The zero-order valence-corrected chi connectivity index (χ0v) is 11.7. The molecule has 0 fully saturated rings. The van der Waals surface area contributed by atoms with E-state index in [1.807, 2.05) is 6.92 Å². The van der Waals surface area contributed by atoms with Crippen LogP contribution < -0.4 is 5.32 Å². The Bertz CT molecular complexity index is 476. The number of rotatable bonds is 7. The maximum absolute atomic E-state index is 12.1. The van der Waals surface area contributed by atoms with Crippen LogP contribution in [0, 0.1) is 10.1 Å². The number of carbonyl (C=O) groups excluding carboxylic acids is 1. The van der Waals surface area contributed by atoms with Gasteiger partial charge in [0.2, 0.25) is 5.91 Å². The second-order valence-corrected chi connectivity index (χ2v) is 4.85. The second kappa shape index (κ2) is 7.59. The van der Waals surface area contributed by atoms with Gasteiger partial charge < -0.3 is 10.4 Å². The third kappa shape index (κ3) is 4.62. The lowest BCUT2D eigenvalue weighted by Gasteiger charge is -2.17. The van der Waals surface area contributed by atoms with E-state index in [1.54, 1.807) is 19.1 Å². The number of aliphatic hydroxyl groups excluding tert-OH is 1. The molecular weight excluding hydrogens is 260 g/mol. The molecule has 0 aromatic heterocycles. The molecule has 0 radical (unpaired) electrons. The molecule has 20 heavy (non-hydrogen) atoms. The summed E-state index contributed by atoms with van der Waals surface area (Å²) in [6, 6.07) is 6.07. The first-order valence-electron chi connectivity index (χ1n) is 6.61. The molecule has 0 aliphatic heterocycles. The number of nitrogens with zero attached hydrogens (tertiary/aromatic N) is 1. The van der Waals surface area contributed by atoms with Crippen molar-refractivity contribution >= 4 is 11.6 Å². The normalized spacial score (nSPS) is 13.6. The van der Waals surface area contributed by atoms with E-state index in [-0.39, 0.29) is 24.2 Å². The number of aliphatic hydroxyl groups is 1. The quantitative estimate of drug-likeness (QED) is 0.590. The van der Waals surface area contributed by atoms with Crippen LogP contribution in [0.5, 0.6) is 0 Å². The minimum atomic E-state index is -0.474. The maximum atomic E-state index is 12.1. The van der Waals surface area contributed by atoms with Crippen molar-refractivity contribution in [2.45, 2.75) is 38.6 Å². The van der Waals surface area contributed by atoms with E-state index in [9.17, 15) is 14.9 Å². The van der Waals surface area contributed by atoms with Crippen LogP contribution in [-0.2, 0) is 4.79 Å². The van der Waals surface area contributed by atoms with E-state index in [0.29, 0.717) is 18.4 Å². The molecule has 6 nitrogen and oxygen atoms in total. The fraction of sp³-hybridized carbons (Fsp3) is 0.500. The van der Waals surface area contributed by atoms with Gasteiger partial charge in [0.1, 0.15) is 0 Å². The predicted molar refractivity (Wildman–Crippen MR) is 75.4 cm³/mol. The fourth-order valence-electron chi connectivity index (χ4n) is 1.90. The topological polar surface area (TPSA) is 92.5 Å². The van der Waals surface area contributed by atoms with Gasteiger partial charge >= 0.3 is 0 Å². The molecule has 0 bridgehead atoms. The number of non-ortho nitro benzene ring substituents is 1. The largest absolute Gasteiger partial charge is 0.396 e. The van der Waals surface area contributed by atoms with Crippen LogP contribution in [0.25, 0.3) is 0 Å². The summed E-state index contributed by atoms with van der Waals surface area (Å²) < 4.78 is 0. The van der Waals surface area contributed by atoms with Crippen LogP contribution >= 0.6 is 0 Å². The number of nitrogens with one attached hydrogen (secondary N) is 1. The summed E-state index contributed by atoms with van der Waals surface area (Å²) in [5, 5.41) is 22.3. The summed E-state index contributed by atoms with van der Waals surface area (Å²) in [6.07, 6.45) is 1.33. The standard InChI is InChI=1S/C14H20N2O4/c1-10(5-4-8-17)15-14(18)11(2)12-6-3-7-13(9-12)16(19)20/h3,6-7,9-11,17H,4-5,8H2,1-2H3,(H,15,18). The van der Waals surface area contributed by atoms with Crippen molar-refractivity contribution < 1.29 is 14.8 Å². The van der Waals surface area contributed by atoms with E-state index >= 15 is 0 Å². The molecule has 1 rings (SSSR count). The number of hydrogen-bond donors (Lipinski definition) is 2. The number of benzene rings is 1. The van der Waals surface area contributed by atoms with Crippen LogP contribution in [0.2, 0.25) is 0 Å². The Morgan fingerprint density at radius 2 is 2.15 bits per heavy atom. The second-order valence-electron chi connectivity index (χ2n) is 4.85. The van der Waals surface area contributed by atoms with Gasteiger partial charge in [0.25, 0.3) is 5.69 Å². The Hall–Kier alpha value is -1.95. The maximum Gasteiger partial charge on any atom is 0.269 e. The number of amides is 1. The van der Waals surface area contributed by atoms with Crippen molar-refractivity contribution in [1.82, 2.24) is 5.32 Å². The minimum absolute atomic E-state index is 0.0181. The van der Waals surface area contributed by atoms with Crippen molar-refractivity contribution in [3.05, 3.63) is 39.9 Å². The van der Waals surface area contributed by atoms with Crippen LogP contribution in [0.15, 0.2) is 24.3 Å². The van der Waals surface area contributed by atoms with Gasteiger partial charge in [0.05, 0.1) is 10.8 Å². The molecule has 0 saturated heterocycles. The lowest BCUT2D eigenvalue weighted by Crippen LogP contribution is -2.35. The monoisotopic (exact) mass is 280 g/mol. The zero-order valence-electron chi connectivity index (χ0n) is 11.7. The highest BCUT2D eigenvalue weighted by Gasteiger charge is 2.19. The van der Waals surface area contributed by atoms with E-state index in [2.05, 4.69) is 5.32 Å². The van der Waals surface area contributed by atoms with Crippen LogP contribution in [-0.4, -0.2) is 28.6 Å². The van der Waals surface area contributed by atoms with Gasteiger partial charge in [-0.3, -0.25) is 14.9 Å². The fourth-order valence-corrected chi connectivity index (χ4v) is 1.90. The van der Waals surface area contributed by atoms with Gasteiger partial charge in [-0.2, -0.15) is 0 Å². The van der Waals surface area contributed by atoms with Crippen LogP contribution in [0.3, 0.4) is 0 Å². The molecule has 1 amide bonds. The SMILES string of the molecule is CC(CCCO)NC(=O)C(C)c1cccc([N+](=O)[O-])c1. The van der Waals surface area contributed by atoms with Crippen LogP contribution in [0.1, 0.15) is 38.2 Å². The lowest BCUT2D eigenvalue weighted by atomic mass is 9.99. The summed E-state index contributed by atoms with van der Waals surface area (Å²) in [5.41, 5.74) is 0.599. The summed E-state index contributed by atoms with van der Waals surface area (Å²) in [5.74, 6) is -0.623. The molecule has 0 saturated carbocycles. The highest BCUT2D eigenvalue weighted by Crippen LogP contribution is 2.21. The number of hydrogen-bond acceptors (Lipinski definition) is 4. The predicted octanol–water partition coefficient (Wildman–Crippen LogP) is 1.98. The van der Waals surface area contributed by atoms with Gasteiger partial charge in [-0.25, -0.2) is 0 Å². The van der Waals surface area contributed by atoms with Gasteiger partial charge in [0, 0.05) is 24.8 Å². The Kier molecular flexibility index (Phi) is 6.11. The Labute approximate surface area is 118 Å². The average molecular weight is 280 g/mol. The number of nitro groups is 1. The van der Waals surface area contributed by atoms with Crippen molar-refractivity contribution in [2.24, 2.45) is 0 Å². The van der Waals surface area contributed by atoms with Gasteiger partial charge in [-0.1, -0.05) is 12.1 Å². The Morgan fingerprint density at radius 1 is 1.45 bits per heavy atom. The van der Waals surface area contributed by atoms with Gasteiger partial charge in [0.15, 0.2) is 0 Å². The number of carbonyl (C=O) groups is 1. The molecule has 0 aliphatic carbocycles. The van der Waals surface area contributed by atoms with Crippen molar-refractivity contribution in [2.75, 3.05) is 6.61 Å². The lowest BCUT2D eigenvalue weighted by molar-refractivity contribution is -0.384. The third-order valence-corrected chi connectivity index (χ3v) is 3.16. The molecule has 2 atom stereocenters. The highest BCUT2D eigenvalue weighted by molar-refractivity contribution is 5.83. The molecule has 0 heterocycles. The average Bonchev–Trinajstić information content (AvgIpc) is 2.44. The molecule has 1 aromatic rings. The molecule has 6 heteroatoms. The smallest absolute Gasteiger partial charge is 0.269 e. The third-order valence-electron chi connectivity index (χ3n) is 3.16. The van der Waals surface area contributed by atoms with Gasteiger partial charge in [-0.15, -0.1) is 0 Å². The Morgan fingerprint density at radius 3 is 2.75 bits per heavy atom. The molecule has 110 valence electrons. The van der Waals surface area contributed by atoms with E-state index in [0.717, 1.165) is 0 Å². The molecule has 0 spiro atoms. The highest BCUT2D eigenvalue weighted by atomic mass is 16.6. The van der Waals surface area contributed by atoms with E-state index in [1.165, 1.54) is 12.1 Å². The molecule has 1 aromatic carbocycles. The van der Waals surface area contributed by atoms with E-state index in [4.69, 9.17) is 5.11 Å².